The fraction of sp³-hybridized carbons (Fsp3) is 0.154. The van der Waals surface area contributed by atoms with E-state index in [-0.39, 0.29) is 11.5 Å². The van der Waals surface area contributed by atoms with Crippen LogP contribution in [0.1, 0.15) is 21.9 Å². The lowest BCUT2D eigenvalue weighted by Gasteiger charge is -2.00. The number of ether oxygens (including phenoxy) is 1. The molecule has 5 heteroatoms. The molecular formula is C13H10BrClO3. The molecule has 1 aromatic carbocycles. The van der Waals surface area contributed by atoms with E-state index in [4.69, 9.17) is 20.8 Å². The maximum Gasteiger partial charge on any atom is 0.228 e. The number of furan rings is 1. The van der Waals surface area contributed by atoms with E-state index in [1.165, 1.54) is 0 Å². The zero-order valence-electron chi connectivity index (χ0n) is 9.57. The summed E-state index contributed by atoms with van der Waals surface area (Å²) < 4.78 is 11.1. The number of rotatable bonds is 4. The zero-order chi connectivity index (χ0) is 13.1. The van der Waals surface area contributed by atoms with Crippen molar-refractivity contribution in [1.82, 2.24) is 0 Å². The molecule has 0 bridgehead atoms. The average molecular weight is 330 g/mol. The first-order valence-corrected chi connectivity index (χ1v) is 6.35. The van der Waals surface area contributed by atoms with Gasteiger partial charge in [-0.25, -0.2) is 0 Å². The molecule has 0 aliphatic heterocycles. The van der Waals surface area contributed by atoms with Crippen LogP contribution in [-0.2, 0) is 11.3 Å². The van der Waals surface area contributed by atoms with Gasteiger partial charge in [-0.2, -0.15) is 0 Å². The van der Waals surface area contributed by atoms with Crippen LogP contribution in [0.3, 0.4) is 0 Å². The second kappa shape index (κ2) is 5.69. The zero-order valence-corrected chi connectivity index (χ0v) is 11.9. The lowest BCUT2D eigenvalue weighted by Crippen LogP contribution is -1.99. The Morgan fingerprint density at radius 2 is 2.17 bits per heavy atom. The third-order valence-electron chi connectivity index (χ3n) is 2.30. The smallest absolute Gasteiger partial charge is 0.228 e. The number of ketones is 1. The molecule has 0 atom stereocenters. The summed E-state index contributed by atoms with van der Waals surface area (Å²) in [5.74, 6) is 0.679. The van der Waals surface area contributed by atoms with E-state index >= 15 is 0 Å². The largest absolute Gasteiger partial charge is 0.455 e. The Balaban J connectivity index is 2.29. The van der Waals surface area contributed by atoms with Gasteiger partial charge < -0.3 is 9.15 Å². The molecule has 94 valence electrons. The predicted molar refractivity (Wildman–Crippen MR) is 72.0 cm³/mol. The van der Waals surface area contributed by atoms with Gasteiger partial charge >= 0.3 is 0 Å². The van der Waals surface area contributed by atoms with Crippen LogP contribution in [0.25, 0.3) is 0 Å². The summed E-state index contributed by atoms with van der Waals surface area (Å²) in [6, 6.07) is 8.37. The molecule has 18 heavy (non-hydrogen) atoms. The summed E-state index contributed by atoms with van der Waals surface area (Å²) in [4.78, 5) is 12.2. The molecular weight excluding hydrogens is 319 g/mol. The van der Waals surface area contributed by atoms with Gasteiger partial charge in [-0.05, 0) is 30.3 Å². The minimum Gasteiger partial charge on any atom is -0.455 e. The molecule has 3 nitrogen and oxygen atoms in total. The minimum atomic E-state index is -0.208. The minimum absolute atomic E-state index is 0.208. The lowest BCUT2D eigenvalue weighted by molar-refractivity contribution is 0.1000. The fourth-order valence-electron chi connectivity index (χ4n) is 1.55. The van der Waals surface area contributed by atoms with Gasteiger partial charge in [-0.3, -0.25) is 4.79 Å². The summed E-state index contributed by atoms with van der Waals surface area (Å²) in [5.41, 5.74) is 0.479. The molecule has 0 unspecified atom stereocenters. The van der Waals surface area contributed by atoms with Gasteiger partial charge in [-0.15, -0.1) is 0 Å². The first-order chi connectivity index (χ1) is 8.60. The van der Waals surface area contributed by atoms with E-state index in [0.29, 0.717) is 23.0 Å². The molecule has 0 saturated carbocycles. The van der Waals surface area contributed by atoms with Gasteiger partial charge in [0.2, 0.25) is 5.78 Å². The highest BCUT2D eigenvalue weighted by Gasteiger charge is 2.14. The number of carbonyl (C=O) groups is 1. The molecule has 0 radical (unpaired) electrons. The Morgan fingerprint density at radius 1 is 1.39 bits per heavy atom. The van der Waals surface area contributed by atoms with Crippen LogP contribution < -0.4 is 0 Å². The molecule has 1 heterocycles. The SMILES string of the molecule is COCc1ccc(C(=O)c2cc(Cl)cc(Br)c2)o1. The predicted octanol–water partition coefficient (Wildman–Crippen LogP) is 4.07. The molecule has 0 fully saturated rings. The molecule has 2 rings (SSSR count). The molecule has 0 spiro atoms. The third kappa shape index (κ3) is 3.02. The van der Waals surface area contributed by atoms with Crippen molar-refractivity contribution in [3.05, 3.63) is 56.9 Å². The van der Waals surface area contributed by atoms with E-state index in [0.717, 1.165) is 4.47 Å². The van der Waals surface area contributed by atoms with Gasteiger partial charge in [0.1, 0.15) is 12.4 Å². The van der Waals surface area contributed by atoms with Gasteiger partial charge in [0.15, 0.2) is 5.76 Å². The van der Waals surface area contributed by atoms with Gasteiger partial charge in [0.25, 0.3) is 0 Å². The topological polar surface area (TPSA) is 39.4 Å². The van der Waals surface area contributed by atoms with E-state index in [1.54, 1.807) is 37.4 Å². The van der Waals surface area contributed by atoms with E-state index in [2.05, 4.69) is 15.9 Å². The molecule has 1 aromatic heterocycles. The highest BCUT2D eigenvalue weighted by atomic mass is 79.9. The van der Waals surface area contributed by atoms with E-state index < -0.39 is 0 Å². The monoisotopic (exact) mass is 328 g/mol. The highest BCUT2D eigenvalue weighted by molar-refractivity contribution is 9.10. The lowest BCUT2D eigenvalue weighted by atomic mass is 10.1. The second-order valence-corrected chi connectivity index (χ2v) is 5.04. The van der Waals surface area contributed by atoms with Crippen LogP contribution in [0.5, 0.6) is 0 Å². The molecule has 0 aliphatic carbocycles. The van der Waals surface area contributed by atoms with Crippen molar-refractivity contribution in [2.24, 2.45) is 0 Å². The Hall–Kier alpha value is -1.10. The standard InChI is InChI=1S/C13H10BrClO3/c1-17-7-11-2-3-12(18-11)13(16)8-4-9(14)6-10(15)5-8/h2-6H,7H2,1H3. The molecule has 0 N–H and O–H groups in total. The molecule has 0 amide bonds. The number of methoxy groups -OCH3 is 1. The molecule has 0 aliphatic rings. The van der Waals surface area contributed by atoms with Crippen LogP contribution >= 0.6 is 27.5 Å². The highest BCUT2D eigenvalue weighted by Crippen LogP contribution is 2.22. The summed E-state index contributed by atoms with van der Waals surface area (Å²) in [6.45, 7) is 0.340. The van der Waals surface area contributed by atoms with Crippen molar-refractivity contribution in [3.63, 3.8) is 0 Å². The number of carbonyl (C=O) groups excluding carboxylic acids is 1. The number of hydrogen-bond donors (Lipinski definition) is 0. The Morgan fingerprint density at radius 3 is 2.83 bits per heavy atom. The summed E-state index contributed by atoms with van der Waals surface area (Å²) in [6.07, 6.45) is 0. The van der Waals surface area contributed by atoms with Crippen molar-refractivity contribution in [2.45, 2.75) is 6.61 Å². The van der Waals surface area contributed by atoms with Gasteiger partial charge in [0, 0.05) is 22.2 Å². The van der Waals surface area contributed by atoms with E-state index in [9.17, 15) is 4.79 Å². The molecule has 2 aromatic rings. The number of halogens is 2. The van der Waals surface area contributed by atoms with Crippen LogP contribution in [0, 0.1) is 0 Å². The quantitative estimate of drug-likeness (QED) is 0.794. The fourth-order valence-corrected chi connectivity index (χ4v) is 2.41. The van der Waals surface area contributed by atoms with Crippen LogP contribution in [0.2, 0.25) is 5.02 Å². The summed E-state index contributed by atoms with van der Waals surface area (Å²) in [5, 5.41) is 0.497. The normalized spacial score (nSPS) is 10.6. The Kier molecular flexibility index (Phi) is 4.22. The van der Waals surface area contributed by atoms with Crippen molar-refractivity contribution in [2.75, 3.05) is 7.11 Å². The van der Waals surface area contributed by atoms with Crippen molar-refractivity contribution in [1.29, 1.82) is 0 Å². The first-order valence-electron chi connectivity index (χ1n) is 5.18. The van der Waals surface area contributed by atoms with E-state index in [1.807, 2.05) is 0 Å². The number of hydrogen-bond acceptors (Lipinski definition) is 3. The second-order valence-electron chi connectivity index (χ2n) is 3.69. The summed E-state index contributed by atoms with van der Waals surface area (Å²) >= 11 is 9.20. The Bertz CT molecular complexity index is 557. The van der Waals surface area contributed by atoms with Gasteiger partial charge in [0.05, 0.1) is 0 Å². The van der Waals surface area contributed by atoms with Gasteiger partial charge in [-0.1, -0.05) is 27.5 Å². The molecule has 0 saturated heterocycles. The maximum atomic E-state index is 12.2. The first kappa shape index (κ1) is 13.3. The van der Waals surface area contributed by atoms with Crippen molar-refractivity contribution in [3.8, 4) is 0 Å². The summed E-state index contributed by atoms with van der Waals surface area (Å²) in [7, 11) is 1.57. The Labute approximate surface area is 118 Å². The van der Waals surface area contributed by atoms with Crippen molar-refractivity contribution < 1.29 is 13.9 Å². The average Bonchev–Trinajstić information content (AvgIpc) is 2.76. The van der Waals surface area contributed by atoms with Crippen LogP contribution in [0.4, 0.5) is 0 Å². The number of benzene rings is 1. The van der Waals surface area contributed by atoms with Crippen molar-refractivity contribution >= 4 is 33.3 Å². The van der Waals surface area contributed by atoms with Crippen LogP contribution in [0.15, 0.2) is 39.2 Å². The third-order valence-corrected chi connectivity index (χ3v) is 2.97. The maximum absolute atomic E-state index is 12.2. The van der Waals surface area contributed by atoms with Crippen LogP contribution in [-0.4, -0.2) is 12.9 Å².